The summed E-state index contributed by atoms with van der Waals surface area (Å²) in [5.41, 5.74) is 1.72. The predicted octanol–water partition coefficient (Wildman–Crippen LogP) is 5.43. The fraction of sp³-hybridized carbons (Fsp3) is 0.118. The Kier molecular flexibility index (Phi) is 5.52. The largest absolute Gasteiger partial charge is 0.383 e. The minimum atomic E-state index is -0.169. The molecule has 0 unspecified atom stereocenters. The fourth-order valence-electron chi connectivity index (χ4n) is 1.97. The van der Waals surface area contributed by atoms with Gasteiger partial charge in [-0.3, -0.25) is 4.79 Å². The van der Waals surface area contributed by atoms with E-state index in [9.17, 15) is 4.79 Å². The lowest BCUT2D eigenvalue weighted by Gasteiger charge is -2.13. The van der Waals surface area contributed by atoms with Gasteiger partial charge in [0.15, 0.2) is 5.78 Å². The third kappa shape index (κ3) is 4.04. The van der Waals surface area contributed by atoms with Crippen molar-refractivity contribution in [1.82, 2.24) is 4.90 Å². The van der Waals surface area contributed by atoms with E-state index in [2.05, 4.69) is 0 Å². The number of ketones is 1. The summed E-state index contributed by atoms with van der Waals surface area (Å²) in [6.45, 7) is 0. The molecule has 2 nitrogen and oxygen atoms in total. The minimum Gasteiger partial charge on any atom is -0.383 e. The van der Waals surface area contributed by atoms with Crippen LogP contribution >= 0.6 is 34.8 Å². The summed E-state index contributed by atoms with van der Waals surface area (Å²) >= 11 is 17.9. The lowest BCUT2D eigenvalue weighted by Crippen LogP contribution is -2.09. The SMILES string of the molecule is CN(C)/C=C(/C(=O)c1ccc(Cl)cc1Cl)c1ccc(Cl)cc1. The molecule has 2 aromatic carbocycles. The van der Waals surface area contributed by atoms with Crippen molar-refractivity contribution in [3.05, 3.63) is 74.9 Å². The first-order valence-electron chi connectivity index (χ1n) is 6.52. The van der Waals surface area contributed by atoms with Crippen LogP contribution in [-0.4, -0.2) is 24.8 Å². The fourth-order valence-corrected chi connectivity index (χ4v) is 2.59. The van der Waals surface area contributed by atoms with Crippen molar-refractivity contribution in [3.63, 3.8) is 0 Å². The number of carbonyl (C=O) groups is 1. The standard InChI is InChI=1S/C17H14Cl3NO/c1-21(2)10-15(11-3-5-12(18)6-4-11)17(22)14-8-7-13(19)9-16(14)20/h3-10H,1-2H3/b15-10+. The molecular weight excluding hydrogens is 341 g/mol. The van der Waals surface area contributed by atoms with Crippen LogP contribution in [0.25, 0.3) is 5.57 Å². The zero-order chi connectivity index (χ0) is 16.3. The Morgan fingerprint density at radius 3 is 2.09 bits per heavy atom. The summed E-state index contributed by atoms with van der Waals surface area (Å²) in [6, 6.07) is 11.9. The van der Waals surface area contributed by atoms with Crippen LogP contribution in [0.4, 0.5) is 0 Å². The molecule has 0 N–H and O–H groups in total. The Morgan fingerprint density at radius 2 is 1.55 bits per heavy atom. The number of carbonyl (C=O) groups excluding carboxylic acids is 1. The van der Waals surface area contributed by atoms with Gasteiger partial charge in [0, 0.05) is 41.5 Å². The maximum Gasteiger partial charge on any atom is 0.196 e. The highest BCUT2D eigenvalue weighted by Gasteiger charge is 2.18. The van der Waals surface area contributed by atoms with Gasteiger partial charge in [-0.2, -0.15) is 0 Å². The van der Waals surface area contributed by atoms with E-state index in [0.717, 1.165) is 5.56 Å². The second-order valence-corrected chi connectivity index (χ2v) is 6.25. The summed E-state index contributed by atoms with van der Waals surface area (Å²) in [5.74, 6) is -0.169. The molecule has 0 aliphatic heterocycles. The van der Waals surface area contributed by atoms with E-state index >= 15 is 0 Å². The first kappa shape index (κ1) is 16.9. The Bertz CT molecular complexity index is 721. The van der Waals surface area contributed by atoms with Gasteiger partial charge in [0.1, 0.15) is 0 Å². The number of rotatable bonds is 4. The summed E-state index contributed by atoms with van der Waals surface area (Å²) in [5, 5.41) is 1.44. The average Bonchev–Trinajstić information content (AvgIpc) is 2.45. The van der Waals surface area contributed by atoms with Gasteiger partial charge in [0.2, 0.25) is 0 Å². The van der Waals surface area contributed by atoms with Crippen LogP contribution in [0.3, 0.4) is 0 Å². The van der Waals surface area contributed by atoms with Crippen molar-refractivity contribution in [3.8, 4) is 0 Å². The molecule has 0 aromatic heterocycles. The summed E-state index contributed by atoms with van der Waals surface area (Å²) in [4.78, 5) is 14.7. The second kappa shape index (κ2) is 7.19. The molecule has 0 radical (unpaired) electrons. The van der Waals surface area contributed by atoms with E-state index in [1.807, 2.05) is 19.0 Å². The van der Waals surface area contributed by atoms with Crippen molar-refractivity contribution >= 4 is 46.2 Å². The van der Waals surface area contributed by atoms with Crippen LogP contribution in [-0.2, 0) is 0 Å². The Hall–Kier alpha value is -1.48. The normalized spacial score (nSPS) is 11.4. The lowest BCUT2D eigenvalue weighted by molar-refractivity contribution is 0.105. The van der Waals surface area contributed by atoms with E-state index in [0.29, 0.717) is 26.2 Å². The van der Waals surface area contributed by atoms with Gasteiger partial charge in [0.25, 0.3) is 0 Å². The van der Waals surface area contributed by atoms with E-state index < -0.39 is 0 Å². The monoisotopic (exact) mass is 353 g/mol. The van der Waals surface area contributed by atoms with Crippen molar-refractivity contribution in [1.29, 1.82) is 0 Å². The molecule has 0 saturated carbocycles. The maximum absolute atomic E-state index is 12.8. The van der Waals surface area contributed by atoms with E-state index in [-0.39, 0.29) is 5.78 Å². The van der Waals surface area contributed by atoms with Crippen LogP contribution in [0, 0.1) is 0 Å². The number of allylic oxidation sites excluding steroid dienone is 1. The molecular formula is C17H14Cl3NO. The van der Waals surface area contributed by atoms with Crippen molar-refractivity contribution < 1.29 is 4.79 Å². The number of Topliss-reactive ketones (excluding diaryl/α,β-unsaturated/α-hetero) is 1. The van der Waals surface area contributed by atoms with Crippen LogP contribution < -0.4 is 0 Å². The third-order valence-electron chi connectivity index (χ3n) is 2.96. The molecule has 0 heterocycles. The van der Waals surface area contributed by atoms with E-state index in [1.165, 1.54) is 0 Å². The number of benzene rings is 2. The molecule has 0 amide bonds. The molecule has 0 spiro atoms. The zero-order valence-electron chi connectivity index (χ0n) is 12.1. The minimum absolute atomic E-state index is 0.169. The second-order valence-electron chi connectivity index (χ2n) is 4.97. The highest BCUT2D eigenvalue weighted by molar-refractivity contribution is 6.40. The van der Waals surface area contributed by atoms with Crippen LogP contribution in [0.15, 0.2) is 48.7 Å². The summed E-state index contributed by atoms with van der Waals surface area (Å²) in [7, 11) is 3.71. The van der Waals surface area contributed by atoms with Gasteiger partial charge in [-0.15, -0.1) is 0 Å². The van der Waals surface area contributed by atoms with E-state index in [4.69, 9.17) is 34.8 Å². The molecule has 5 heteroatoms. The summed E-state index contributed by atoms with van der Waals surface area (Å²) in [6.07, 6.45) is 1.76. The Morgan fingerprint density at radius 1 is 0.955 bits per heavy atom. The molecule has 0 aliphatic carbocycles. The average molecular weight is 355 g/mol. The molecule has 114 valence electrons. The molecule has 0 bridgehead atoms. The highest BCUT2D eigenvalue weighted by atomic mass is 35.5. The van der Waals surface area contributed by atoms with Crippen LogP contribution in [0.2, 0.25) is 15.1 Å². The molecule has 2 aromatic rings. The van der Waals surface area contributed by atoms with Gasteiger partial charge in [-0.25, -0.2) is 0 Å². The Balaban J connectivity index is 2.50. The van der Waals surface area contributed by atoms with Crippen molar-refractivity contribution in [2.45, 2.75) is 0 Å². The maximum atomic E-state index is 12.8. The molecule has 0 aliphatic rings. The van der Waals surface area contributed by atoms with Gasteiger partial charge < -0.3 is 4.90 Å². The number of nitrogens with zero attached hydrogens (tertiary/aromatic N) is 1. The molecule has 2 rings (SSSR count). The third-order valence-corrected chi connectivity index (χ3v) is 3.76. The van der Waals surface area contributed by atoms with Crippen LogP contribution in [0.1, 0.15) is 15.9 Å². The molecule has 0 fully saturated rings. The predicted molar refractivity (Wildman–Crippen MR) is 93.9 cm³/mol. The van der Waals surface area contributed by atoms with Crippen LogP contribution in [0.5, 0.6) is 0 Å². The topological polar surface area (TPSA) is 20.3 Å². The highest BCUT2D eigenvalue weighted by Crippen LogP contribution is 2.27. The van der Waals surface area contributed by atoms with Gasteiger partial charge in [0.05, 0.1) is 5.02 Å². The first-order chi connectivity index (χ1) is 10.4. The Labute approximate surface area is 144 Å². The van der Waals surface area contributed by atoms with Gasteiger partial charge in [-0.05, 0) is 35.9 Å². The quantitative estimate of drug-likeness (QED) is 0.539. The zero-order valence-corrected chi connectivity index (χ0v) is 14.4. The summed E-state index contributed by atoms with van der Waals surface area (Å²) < 4.78 is 0. The lowest BCUT2D eigenvalue weighted by atomic mass is 9.97. The molecule has 0 saturated heterocycles. The smallest absolute Gasteiger partial charge is 0.196 e. The van der Waals surface area contributed by atoms with Gasteiger partial charge >= 0.3 is 0 Å². The number of hydrogen-bond donors (Lipinski definition) is 0. The first-order valence-corrected chi connectivity index (χ1v) is 7.66. The van der Waals surface area contributed by atoms with Gasteiger partial charge in [-0.1, -0.05) is 46.9 Å². The van der Waals surface area contributed by atoms with Crippen molar-refractivity contribution in [2.75, 3.05) is 14.1 Å². The number of halogens is 3. The molecule has 22 heavy (non-hydrogen) atoms. The van der Waals surface area contributed by atoms with E-state index in [1.54, 1.807) is 48.7 Å². The molecule has 0 atom stereocenters. The van der Waals surface area contributed by atoms with Crippen molar-refractivity contribution in [2.24, 2.45) is 0 Å². The number of hydrogen-bond acceptors (Lipinski definition) is 2.